The van der Waals surface area contributed by atoms with Crippen LogP contribution in [0.2, 0.25) is 0 Å². The molecule has 128 valence electrons. The summed E-state index contributed by atoms with van der Waals surface area (Å²) in [6, 6.07) is 12.9. The third-order valence-corrected chi connectivity index (χ3v) is 5.23. The van der Waals surface area contributed by atoms with Gasteiger partial charge < -0.3 is 4.74 Å². The van der Waals surface area contributed by atoms with E-state index in [0.717, 1.165) is 9.87 Å². The van der Waals surface area contributed by atoms with Crippen LogP contribution >= 0.6 is 0 Å². The van der Waals surface area contributed by atoms with Crippen molar-refractivity contribution in [2.45, 2.75) is 32.1 Å². The van der Waals surface area contributed by atoms with Gasteiger partial charge in [-0.05, 0) is 50.2 Å². The highest BCUT2D eigenvalue weighted by atomic mass is 32.2. The molecule has 0 saturated carbocycles. The summed E-state index contributed by atoms with van der Waals surface area (Å²) in [6.45, 7) is 5.88. The van der Waals surface area contributed by atoms with Gasteiger partial charge >= 0.3 is 0 Å². The van der Waals surface area contributed by atoms with Crippen molar-refractivity contribution in [1.29, 1.82) is 0 Å². The van der Waals surface area contributed by atoms with E-state index in [1.54, 1.807) is 43.3 Å². The van der Waals surface area contributed by atoms with Gasteiger partial charge in [-0.1, -0.05) is 24.6 Å². The van der Waals surface area contributed by atoms with E-state index in [4.69, 9.17) is 4.74 Å². The lowest BCUT2D eigenvalue weighted by Gasteiger charge is -2.22. The molecule has 0 N–H and O–H groups in total. The molecule has 1 amide bonds. The smallest absolute Gasteiger partial charge is 0.270 e. The summed E-state index contributed by atoms with van der Waals surface area (Å²) in [4.78, 5) is 12.4. The molecule has 0 spiro atoms. The summed E-state index contributed by atoms with van der Waals surface area (Å²) < 4.78 is 32.1. The second kappa shape index (κ2) is 7.49. The third kappa shape index (κ3) is 3.76. The van der Waals surface area contributed by atoms with Crippen molar-refractivity contribution < 1.29 is 17.9 Å². The Hall–Kier alpha value is -2.34. The molecular weight excluding hydrogens is 326 g/mol. The van der Waals surface area contributed by atoms with Crippen LogP contribution in [0.1, 0.15) is 25.8 Å². The molecule has 0 heterocycles. The summed E-state index contributed by atoms with van der Waals surface area (Å²) in [5.41, 5.74) is 1.24. The molecule has 24 heavy (non-hydrogen) atoms. The second-order valence-corrected chi connectivity index (χ2v) is 7.04. The number of anilines is 1. The van der Waals surface area contributed by atoms with E-state index >= 15 is 0 Å². The molecule has 2 rings (SSSR count). The zero-order valence-corrected chi connectivity index (χ0v) is 14.8. The lowest BCUT2D eigenvalue weighted by Crippen LogP contribution is -2.36. The van der Waals surface area contributed by atoms with E-state index < -0.39 is 15.9 Å². The summed E-state index contributed by atoms with van der Waals surface area (Å²) in [5.74, 6) is 0.137. The van der Waals surface area contributed by atoms with Gasteiger partial charge in [0.15, 0.2) is 0 Å². The molecule has 2 aromatic carbocycles. The van der Waals surface area contributed by atoms with Crippen molar-refractivity contribution in [3.63, 3.8) is 0 Å². The lowest BCUT2D eigenvalue weighted by atomic mass is 10.2. The Labute approximate surface area is 142 Å². The number of benzene rings is 2. The predicted octanol–water partition coefficient (Wildman–Crippen LogP) is 3.53. The molecule has 0 aliphatic rings. The van der Waals surface area contributed by atoms with Crippen molar-refractivity contribution in [3.8, 4) is 5.75 Å². The highest BCUT2D eigenvalue weighted by Gasteiger charge is 2.29. The zero-order valence-electron chi connectivity index (χ0n) is 14.0. The van der Waals surface area contributed by atoms with E-state index in [1.165, 1.54) is 12.1 Å². The van der Waals surface area contributed by atoms with Gasteiger partial charge in [0.25, 0.3) is 10.0 Å². The van der Waals surface area contributed by atoms with E-state index in [-0.39, 0.29) is 11.3 Å². The van der Waals surface area contributed by atoms with Gasteiger partial charge in [0, 0.05) is 6.42 Å². The fraction of sp³-hybridized carbons (Fsp3) is 0.278. The third-order valence-electron chi connectivity index (χ3n) is 3.47. The quantitative estimate of drug-likeness (QED) is 0.802. The van der Waals surface area contributed by atoms with Gasteiger partial charge in [-0.3, -0.25) is 4.79 Å². The molecule has 5 nitrogen and oxygen atoms in total. The normalized spacial score (nSPS) is 11.1. The number of ether oxygens (including phenoxy) is 1. The van der Waals surface area contributed by atoms with Crippen LogP contribution in [0.5, 0.6) is 5.75 Å². The van der Waals surface area contributed by atoms with Crippen molar-refractivity contribution in [3.05, 3.63) is 54.1 Å². The Morgan fingerprint density at radius 2 is 1.58 bits per heavy atom. The number of amides is 1. The summed E-state index contributed by atoms with van der Waals surface area (Å²) in [6.07, 6.45) is 0.0816. The number of rotatable bonds is 6. The number of carbonyl (C=O) groups excluding carboxylic acids is 1. The van der Waals surface area contributed by atoms with Gasteiger partial charge in [0.05, 0.1) is 17.2 Å². The number of aryl methyl sites for hydroxylation is 1. The van der Waals surface area contributed by atoms with E-state index in [9.17, 15) is 13.2 Å². The summed E-state index contributed by atoms with van der Waals surface area (Å²) in [5, 5.41) is 0. The molecule has 0 aromatic heterocycles. The van der Waals surface area contributed by atoms with Crippen molar-refractivity contribution in [2.75, 3.05) is 10.9 Å². The summed E-state index contributed by atoms with van der Waals surface area (Å²) in [7, 11) is -3.96. The standard InChI is InChI=1S/C18H21NO4S/c1-4-18(20)19(15-8-10-16(11-9-15)23-5-2)24(21,22)17-12-6-14(3)7-13-17/h6-13H,4-5H2,1-3H3. The number of carbonyl (C=O) groups is 1. The van der Waals surface area contributed by atoms with E-state index in [2.05, 4.69) is 0 Å². The van der Waals surface area contributed by atoms with Crippen LogP contribution < -0.4 is 9.04 Å². The molecule has 0 radical (unpaired) electrons. The van der Waals surface area contributed by atoms with E-state index in [0.29, 0.717) is 18.0 Å². The highest BCUT2D eigenvalue weighted by molar-refractivity contribution is 7.93. The minimum absolute atomic E-state index is 0.0816. The molecule has 2 aromatic rings. The number of hydrogen-bond acceptors (Lipinski definition) is 4. The van der Waals surface area contributed by atoms with Crippen LogP contribution in [0.15, 0.2) is 53.4 Å². The Morgan fingerprint density at radius 1 is 1.00 bits per heavy atom. The van der Waals surface area contributed by atoms with Crippen molar-refractivity contribution in [1.82, 2.24) is 0 Å². The maximum absolute atomic E-state index is 12.9. The van der Waals surface area contributed by atoms with Gasteiger partial charge in [0.2, 0.25) is 5.91 Å². The number of hydrogen-bond donors (Lipinski definition) is 0. The van der Waals surface area contributed by atoms with Gasteiger partial charge in [-0.2, -0.15) is 0 Å². The molecule has 0 fully saturated rings. The van der Waals surface area contributed by atoms with Gasteiger partial charge in [-0.25, -0.2) is 12.7 Å². The minimum atomic E-state index is -3.96. The molecule has 6 heteroatoms. The topological polar surface area (TPSA) is 63.7 Å². The Bertz CT molecular complexity index is 796. The van der Waals surface area contributed by atoms with Crippen LogP contribution in [0, 0.1) is 6.92 Å². The van der Waals surface area contributed by atoms with Crippen molar-refractivity contribution >= 4 is 21.6 Å². The molecule has 0 aliphatic carbocycles. The largest absolute Gasteiger partial charge is 0.494 e. The first-order chi connectivity index (χ1) is 11.4. The van der Waals surface area contributed by atoms with E-state index in [1.807, 2.05) is 13.8 Å². The van der Waals surface area contributed by atoms with Gasteiger partial charge in [-0.15, -0.1) is 0 Å². The molecule has 0 saturated heterocycles. The van der Waals surface area contributed by atoms with Crippen LogP contribution in [0.25, 0.3) is 0 Å². The molecule has 0 aliphatic heterocycles. The minimum Gasteiger partial charge on any atom is -0.494 e. The summed E-state index contributed by atoms with van der Waals surface area (Å²) >= 11 is 0. The second-order valence-electron chi connectivity index (χ2n) is 5.26. The lowest BCUT2D eigenvalue weighted by molar-refractivity contribution is -0.117. The Kier molecular flexibility index (Phi) is 5.62. The highest BCUT2D eigenvalue weighted by Crippen LogP contribution is 2.27. The number of sulfonamides is 1. The first-order valence-electron chi connectivity index (χ1n) is 7.77. The monoisotopic (exact) mass is 347 g/mol. The Balaban J connectivity index is 2.48. The van der Waals surface area contributed by atoms with Crippen molar-refractivity contribution in [2.24, 2.45) is 0 Å². The predicted molar refractivity (Wildman–Crippen MR) is 93.8 cm³/mol. The fourth-order valence-electron chi connectivity index (χ4n) is 2.22. The first kappa shape index (κ1) is 18.0. The van der Waals surface area contributed by atoms with Crippen LogP contribution in [-0.4, -0.2) is 20.9 Å². The van der Waals surface area contributed by atoms with Crippen LogP contribution in [0.4, 0.5) is 5.69 Å². The molecule has 0 bridgehead atoms. The first-order valence-corrected chi connectivity index (χ1v) is 9.21. The maximum Gasteiger partial charge on any atom is 0.270 e. The zero-order chi connectivity index (χ0) is 17.7. The SMILES string of the molecule is CCOc1ccc(N(C(=O)CC)S(=O)(=O)c2ccc(C)cc2)cc1. The number of nitrogens with zero attached hydrogens (tertiary/aromatic N) is 1. The van der Waals surface area contributed by atoms with Crippen LogP contribution in [0.3, 0.4) is 0 Å². The average Bonchev–Trinajstić information content (AvgIpc) is 2.57. The Morgan fingerprint density at radius 3 is 2.08 bits per heavy atom. The molecule has 0 unspecified atom stereocenters. The molecule has 0 atom stereocenters. The van der Waals surface area contributed by atoms with Crippen LogP contribution in [-0.2, 0) is 14.8 Å². The average molecular weight is 347 g/mol. The molecular formula is C18H21NO4S. The maximum atomic E-state index is 12.9. The fourth-order valence-corrected chi connectivity index (χ4v) is 3.71. The van der Waals surface area contributed by atoms with Gasteiger partial charge in [0.1, 0.15) is 5.75 Å².